The van der Waals surface area contributed by atoms with E-state index < -0.39 is 5.41 Å². The van der Waals surface area contributed by atoms with Gasteiger partial charge in [0.15, 0.2) is 5.78 Å². The molecule has 0 saturated carbocycles. The van der Waals surface area contributed by atoms with Gasteiger partial charge in [-0.1, -0.05) is 32.9 Å². The average molecular weight is 378 g/mol. The number of rotatable bonds is 5. The molecule has 1 amide bonds. The molecule has 23 heavy (non-hydrogen) atoms. The van der Waals surface area contributed by atoms with Crippen molar-refractivity contribution in [1.29, 1.82) is 0 Å². The second-order valence-corrected chi connectivity index (χ2v) is 7.32. The molecule has 0 saturated heterocycles. The van der Waals surface area contributed by atoms with Crippen LogP contribution >= 0.6 is 15.9 Å². The van der Waals surface area contributed by atoms with Gasteiger partial charge in [0.2, 0.25) is 0 Å². The first kappa shape index (κ1) is 17.4. The van der Waals surface area contributed by atoms with E-state index in [1.165, 1.54) is 0 Å². The number of hydrogen-bond donors (Lipinski definition) is 1. The van der Waals surface area contributed by atoms with Gasteiger partial charge < -0.3 is 5.32 Å². The third kappa shape index (κ3) is 5.03. The summed E-state index contributed by atoms with van der Waals surface area (Å²) in [6, 6.07) is 7.28. The zero-order valence-electron chi connectivity index (χ0n) is 13.5. The lowest BCUT2D eigenvalue weighted by Gasteiger charge is -2.16. The number of carbonyl (C=O) groups excluding carboxylic acids is 2. The SMILES string of the molecule is CC(C)(C)C(=O)CNC(=O)c1ccc(Cn2cc(Br)cn2)cc1. The highest BCUT2D eigenvalue weighted by Gasteiger charge is 2.21. The predicted molar refractivity (Wildman–Crippen MR) is 92.3 cm³/mol. The molecule has 122 valence electrons. The lowest BCUT2D eigenvalue weighted by atomic mass is 9.91. The number of ketones is 1. The van der Waals surface area contributed by atoms with Crippen molar-refractivity contribution in [2.75, 3.05) is 6.54 Å². The maximum Gasteiger partial charge on any atom is 0.251 e. The molecule has 1 aromatic carbocycles. The minimum Gasteiger partial charge on any atom is -0.345 e. The van der Waals surface area contributed by atoms with Crippen molar-refractivity contribution in [3.05, 3.63) is 52.3 Å². The van der Waals surface area contributed by atoms with Gasteiger partial charge in [-0.05, 0) is 33.6 Å². The summed E-state index contributed by atoms with van der Waals surface area (Å²) in [5, 5.41) is 6.86. The van der Waals surface area contributed by atoms with E-state index in [1.807, 2.05) is 39.1 Å². The number of nitrogens with zero attached hydrogens (tertiary/aromatic N) is 2. The van der Waals surface area contributed by atoms with Gasteiger partial charge in [0.05, 0.1) is 23.8 Å². The Balaban J connectivity index is 1.93. The Hall–Kier alpha value is -1.95. The average Bonchev–Trinajstić information content (AvgIpc) is 2.89. The highest BCUT2D eigenvalue weighted by Crippen LogP contribution is 2.14. The summed E-state index contributed by atoms with van der Waals surface area (Å²) >= 11 is 3.36. The van der Waals surface area contributed by atoms with E-state index in [1.54, 1.807) is 23.0 Å². The molecule has 5 nitrogen and oxygen atoms in total. The van der Waals surface area contributed by atoms with Gasteiger partial charge in [0.25, 0.3) is 5.91 Å². The van der Waals surface area contributed by atoms with Crippen LogP contribution in [0, 0.1) is 5.41 Å². The van der Waals surface area contributed by atoms with Gasteiger partial charge in [0, 0.05) is 17.2 Å². The second kappa shape index (κ2) is 7.08. The zero-order chi connectivity index (χ0) is 17.0. The number of aromatic nitrogens is 2. The van der Waals surface area contributed by atoms with Crippen molar-refractivity contribution in [1.82, 2.24) is 15.1 Å². The molecule has 0 aliphatic rings. The largest absolute Gasteiger partial charge is 0.345 e. The van der Waals surface area contributed by atoms with Gasteiger partial charge in [-0.25, -0.2) is 0 Å². The molecule has 0 aliphatic heterocycles. The fraction of sp³-hybridized carbons (Fsp3) is 0.353. The van der Waals surface area contributed by atoms with Crippen LogP contribution in [0.2, 0.25) is 0 Å². The van der Waals surface area contributed by atoms with Crippen LogP contribution in [0.25, 0.3) is 0 Å². The summed E-state index contributed by atoms with van der Waals surface area (Å²) in [5.41, 5.74) is 1.13. The van der Waals surface area contributed by atoms with Crippen LogP contribution in [-0.2, 0) is 11.3 Å². The molecule has 2 rings (SSSR count). The van der Waals surface area contributed by atoms with Crippen molar-refractivity contribution >= 4 is 27.6 Å². The number of Topliss-reactive ketones (excluding diaryl/α,β-unsaturated/α-hetero) is 1. The minimum absolute atomic E-state index is 0.00623. The van der Waals surface area contributed by atoms with Crippen LogP contribution < -0.4 is 5.32 Å². The quantitative estimate of drug-likeness (QED) is 0.870. The molecule has 0 fully saturated rings. The third-order valence-corrected chi connectivity index (χ3v) is 3.82. The summed E-state index contributed by atoms with van der Waals surface area (Å²) in [5.74, 6) is -0.234. The van der Waals surface area contributed by atoms with E-state index in [2.05, 4.69) is 26.3 Å². The molecular weight excluding hydrogens is 358 g/mol. The minimum atomic E-state index is -0.449. The molecule has 6 heteroatoms. The molecular formula is C17H20BrN3O2. The molecule has 0 aliphatic carbocycles. The van der Waals surface area contributed by atoms with E-state index in [0.29, 0.717) is 12.1 Å². The lowest BCUT2D eigenvalue weighted by Crippen LogP contribution is -2.35. The van der Waals surface area contributed by atoms with Crippen LogP contribution in [0.4, 0.5) is 0 Å². The predicted octanol–water partition coefficient (Wildman–Crippen LogP) is 3.04. The summed E-state index contributed by atoms with van der Waals surface area (Å²) in [6.45, 7) is 6.19. The number of amides is 1. The Morgan fingerprint density at radius 3 is 2.39 bits per heavy atom. The molecule has 2 aromatic rings. The Kier molecular flexibility index (Phi) is 5.36. The number of nitrogens with one attached hydrogen (secondary N) is 1. The van der Waals surface area contributed by atoms with Crippen molar-refractivity contribution in [3.63, 3.8) is 0 Å². The molecule has 0 spiro atoms. The fourth-order valence-electron chi connectivity index (χ4n) is 1.90. The normalized spacial score (nSPS) is 11.3. The maximum absolute atomic E-state index is 12.1. The van der Waals surface area contributed by atoms with Gasteiger partial charge in [0.1, 0.15) is 0 Å². The molecule has 0 atom stereocenters. The van der Waals surface area contributed by atoms with Crippen LogP contribution in [0.15, 0.2) is 41.1 Å². The van der Waals surface area contributed by atoms with Gasteiger partial charge in [-0.15, -0.1) is 0 Å². The van der Waals surface area contributed by atoms with Gasteiger partial charge >= 0.3 is 0 Å². The standard InChI is InChI=1S/C17H20BrN3O2/c1-17(2,3)15(22)9-19-16(23)13-6-4-12(5-7-13)10-21-11-14(18)8-20-21/h4-8,11H,9-10H2,1-3H3,(H,19,23). The molecule has 0 unspecified atom stereocenters. The summed E-state index contributed by atoms with van der Waals surface area (Å²) in [7, 11) is 0. The summed E-state index contributed by atoms with van der Waals surface area (Å²) < 4.78 is 2.73. The molecule has 1 heterocycles. The summed E-state index contributed by atoms with van der Waals surface area (Å²) in [6.07, 6.45) is 3.62. The number of hydrogen-bond acceptors (Lipinski definition) is 3. The molecule has 1 aromatic heterocycles. The van der Waals surface area contributed by atoms with Crippen LogP contribution in [0.3, 0.4) is 0 Å². The highest BCUT2D eigenvalue weighted by atomic mass is 79.9. The van der Waals surface area contributed by atoms with Gasteiger partial charge in [-0.3, -0.25) is 14.3 Å². The molecule has 1 N–H and O–H groups in total. The van der Waals surface area contributed by atoms with Crippen LogP contribution in [-0.4, -0.2) is 28.0 Å². The highest BCUT2D eigenvalue weighted by molar-refractivity contribution is 9.10. The van der Waals surface area contributed by atoms with E-state index in [0.717, 1.165) is 10.0 Å². The van der Waals surface area contributed by atoms with E-state index in [9.17, 15) is 9.59 Å². The number of halogens is 1. The Bertz CT molecular complexity index is 699. The van der Waals surface area contributed by atoms with E-state index >= 15 is 0 Å². The first-order chi connectivity index (χ1) is 10.8. The zero-order valence-corrected chi connectivity index (χ0v) is 15.1. The van der Waals surface area contributed by atoms with Crippen molar-refractivity contribution in [2.24, 2.45) is 5.41 Å². The third-order valence-electron chi connectivity index (χ3n) is 3.41. The smallest absolute Gasteiger partial charge is 0.251 e. The van der Waals surface area contributed by atoms with E-state index in [4.69, 9.17) is 0 Å². The number of carbonyl (C=O) groups is 2. The maximum atomic E-state index is 12.1. The Labute approximate surface area is 144 Å². The van der Waals surface area contributed by atoms with Crippen molar-refractivity contribution in [3.8, 4) is 0 Å². The summed E-state index contributed by atoms with van der Waals surface area (Å²) in [4.78, 5) is 23.9. The number of benzene rings is 1. The fourth-order valence-corrected chi connectivity index (χ4v) is 2.23. The Morgan fingerprint density at radius 2 is 1.87 bits per heavy atom. The monoisotopic (exact) mass is 377 g/mol. The topological polar surface area (TPSA) is 64.0 Å². The first-order valence-corrected chi connectivity index (χ1v) is 8.13. The van der Waals surface area contributed by atoms with Gasteiger partial charge in [-0.2, -0.15) is 5.10 Å². The van der Waals surface area contributed by atoms with Crippen molar-refractivity contribution < 1.29 is 9.59 Å². The van der Waals surface area contributed by atoms with Crippen LogP contribution in [0.1, 0.15) is 36.7 Å². The van der Waals surface area contributed by atoms with Crippen molar-refractivity contribution in [2.45, 2.75) is 27.3 Å². The molecule has 0 bridgehead atoms. The first-order valence-electron chi connectivity index (χ1n) is 7.34. The second-order valence-electron chi connectivity index (χ2n) is 6.41. The van der Waals surface area contributed by atoms with Crippen LogP contribution in [0.5, 0.6) is 0 Å². The molecule has 0 radical (unpaired) electrons. The Morgan fingerprint density at radius 1 is 1.22 bits per heavy atom. The lowest BCUT2D eigenvalue weighted by molar-refractivity contribution is -0.125. The van der Waals surface area contributed by atoms with E-state index in [-0.39, 0.29) is 18.2 Å².